The van der Waals surface area contributed by atoms with Crippen LogP contribution in [0.1, 0.15) is 136 Å². The number of unbranched alkanes of at least 4 members (excludes halogenated alkanes) is 9. The summed E-state index contributed by atoms with van der Waals surface area (Å²) in [4.78, 5) is 64.2. The van der Waals surface area contributed by atoms with Gasteiger partial charge in [-0.25, -0.2) is 14.8 Å². The number of fused-ring (bicyclic) bond motifs is 2. The van der Waals surface area contributed by atoms with Crippen LogP contribution >= 0.6 is 0 Å². The van der Waals surface area contributed by atoms with Crippen molar-refractivity contribution in [3.63, 3.8) is 0 Å². The number of hydrogen-bond donors (Lipinski definition) is 2. The third-order valence-electron chi connectivity index (χ3n) is 11.7. The summed E-state index contributed by atoms with van der Waals surface area (Å²) in [5, 5.41) is 0. The molecule has 7 atom stereocenters. The molecule has 0 saturated carbocycles. The number of terminal acetylenes is 2. The minimum atomic E-state index is -2.14. The van der Waals surface area contributed by atoms with Crippen molar-refractivity contribution < 1.29 is 51.6 Å². The molecule has 4 aromatic heterocycles. The maximum absolute atomic E-state index is 14.6. The van der Waals surface area contributed by atoms with Gasteiger partial charge in [-0.1, -0.05) is 83.5 Å². The van der Waals surface area contributed by atoms with Gasteiger partial charge in [-0.3, -0.25) is 18.7 Å². The molecule has 19 nitrogen and oxygen atoms in total. The van der Waals surface area contributed by atoms with E-state index in [2.05, 4.69) is 48.7 Å². The van der Waals surface area contributed by atoms with E-state index in [0.29, 0.717) is 12.8 Å². The van der Waals surface area contributed by atoms with Gasteiger partial charge < -0.3 is 39.9 Å². The van der Waals surface area contributed by atoms with Gasteiger partial charge in [0.1, 0.15) is 18.6 Å². The summed E-state index contributed by atoms with van der Waals surface area (Å²) in [6, 6.07) is 0. The second kappa shape index (κ2) is 21.7. The summed E-state index contributed by atoms with van der Waals surface area (Å²) >= 11 is 0. The number of carbonyl (C=O) groups is 3. The molecule has 4 N–H and O–H groups in total. The summed E-state index contributed by atoms with van der Waals surface area (Å²) in [5.41, 5.74) is 7.81. The standard InChI is InChI=1S/C44H56F2N10O9/c1-6-11-13-15-16-17-19-21-33(58)62-29(24-43(8-3)27(63-42(59)60-10-5)22-30(64-43)55-25-49-34-36(47)51-40(45)53-38(34)55)44(9-4)28(61-32(57)20-18-14-12-7-2)23-31(65-44)56-26-50-35-37(48)52-41(46)54-39(35)56/h3-4,25-31H,6-7,10-24H2,1-2,5H3,(H2,47,51,53)(H2,48,52,54)/t27-,28-,29?,30+,31+,43-,44-/m0/s1. The second-order valence-corrected chi connectivity index (χ2v) is 16.1. The van der Waals surface area contributed by atoms with Crippen LogP contribution in [0.5, 0.6) is 0 Å². The number of ether oxygens (including phenoxy) is 6. The smallest absolute Gasteiger partial charge is 0.458 e. The lowest BCUT2D eigenvalue weighted by molar-refractivity contribution is -0.194. The molecular weight excluding hydrogens is 851 g/mol. The van der Waals surface area contributed by atoms with E-state index in [1.165, 1.54) is 21.8 Å². The van der Waals surface area contributed by atoms with E-state index in [1.54, 1.807) is 6.92 Å². The van der Waals surface area contributed by atoms with Crippen LogP contribution in [-0.4, -0.2) is 93.3 Å². The number of hydrogen-bond acceptors (Lipinski definition) is 17. The van der Waals surface area contributed by atoms with Crippen molar-refractivity contribution in [2.45, 2.75) is 165 Å². The Morgan fingerprint density at radius 2 is 1.28 bits per heavy atom. The zero-order chi connectivity index (χ0) is 46.7. The molecule has 0 radical (unpaired) electrons. The molecule has 65 heavy (non-hydrogen) atoms. The SMILES string of the molecule is C#C[C@@]1(CC(OC(=O)CCCCCCCCC)[C@@]2(C#C)O[C@@H](n3cnc4c(N)nc(F)nc43)C[C@@H]2OC(=O)CCCCCC)O[C@@H](n2cnc3c(N)nc(F)nc32)C[C@@H]1OC(=O)OCC. The second-order valence-electron chi connectivity index (χ2n) is 16.1. The van der Waals surface area contributed by atoms with E-state index >= 15 is 0 Å². The summed E-state index contributed by atoms with van der Waals surface area (Å²) in [6.45, 7) is 5.70. The lowest BCUT2D eigenvalue weighted by atomic mass is 9.81. The summed E-state index contributed by atoms with van der Waals surface area (Å²) in [5.74, 6) is 3.51. The van der Waals surface area contributed by atoms with Gasteiger partial charge in [-0.05, 0) is 19.8 Å². The van der Waals surface area contributed by atoms with Gasteiger partial charge in [0.05, 0.1) is 19.3 Å². The molecule has 21 heteroatoms. The number of nitrogen functional groups attached to an aromatic ring is 2. The average Bonchev–Trinajstić information content (AvgIpc) is 4.06. The highest BCUT2D eigenvalue weighted by atomic mass is 19.1. The van der Waals surface area contributed by atoms with E-state index in [0.717, 1.165) is 57.8 Å². The molecule has 0 amide bonds. The van der Waals surface area contributed by atoms with Crippen molar-refractivity contribution >= 4 is 52.1 Å². The quantitative estimate of drug-likeness (QED) is 0.0279. The minimum Gasteiger partial charge on any atom is -0.458 e. The van der Waals surface area contributed by atoms with Gasteiger partial charge >= 0.3 is 30.3 Å². The van der Waals surface area contributed by atoms with Gasteiger partial charge in [0.25, 0.3) is 0 Å². The average molecular weight is 907 g/mol. The fourth-order valence-electron chi connectivity index (χ4n) is 8.36. The molecule has 4 aromatic rings. The Labute approximate surface area is 375 Å². The van der Waals surface area contributed by atoms with Crippen LogP contribution in [0, 0.1) is 36.8 Å². The molecule has 1 unspecified atom stereocenters. The first-order chi connectivity index (χ1) is 31.3. The Morgan fingerprint density at radius 3 is 1.83 bits per heavy atom. The molecule has 2 saturated heterocycles. The number of imidazole rings is 2. The van der Waals surface area contributed by atoms with Crippen molar-refractivity contribution in [1.29, 1.82) is 0 Å². The topological polar surface area (TPSA) is 246 Å². The van der Waals surface area contributed by atoms with E-state index < -0.39 is 78.6 Å². The molecule has 0 bridgehead atoms. The zero-order valence-corrected chi connectivity index (χ0v) is 36.9. The van der Waals surface area contributed by atoms with Crippen LogP contribution < -0.4 is 11.5 Å². The van der Waals surface area contributed by atoms with Gasteiger partial charge in [0, 0.05) is 32.1 Å². The molecule has 0 aromatic carbocycles. The fourth-order valence-corrected chi connectivity index (χ4v) is 8.36. The maximum atomic E-state index is 14.6. The molecule has 350 valence electrons. The summed E-state index contributed by atoms with van der Waals surface area (Å²) in [6.07, 6.45) is 14.1. The van der Waals surface area contributed by atoms with Gasteiger partial charge in [0.2, 0.25) is 5.60 Å². The normalized spacial score (nSPS) is 23.2. The number of anilines is 2. The highest BCUT2D eigenvalue weighted by Crippen LogP contribution is 2.49. The largest absolute Gasteiger partial charge is 0.508 e. The minimum absolute atomic E-state index is 0.0269. The lowest BCUT2D eigenvalue weighted by Crippen LogP contribution is -2.56. The highest BCUT2D eigenvalue weighted by Gasteiger charge is 2.62. The van der Waals surface area contributed by atoms with E-state index in [1.807, 2.05) is 6.92 Å². The van der Waals surface area contributed by atoms with Crippen LogP contribution in [0.25, 0.3) is 22.3 Å². The Balaban J connectivity index is 1.42. The Kier molecular flexibility index (Phi) is 16.1. The first-order valence-electron chi connectivity index (χ1n) is 22.2. The van der Waals surface area contributed by atoms with E-state index in [9.17, 15) is 23.2 Å². The molecule has 2 aliphatic rings. The van der Waals surface area contributed by atoms with Crippen LogP contribution in [0.3, 0.4) is 0 Å². The molecule has 6 heterocycles. The number of aromatic nitrogens is 8. The molecular formula is C44H56F2N10O9. The molecule has 2 fully saturated rings. The predicted octanol–water partition coefficient (Wildman–Crippen LogP) is 6.56. The lowest BCUT2D eigenvalue weighted by Gasteiger charge is -2.40. The highest BCUT2D eigenvalue weighted by molar-refractivity contribution is 5.82. The summed E-state index contributed by atoms with van der Waals surface area (Å²) < 4.78 is 68.7. The Hall–Kier alpha value is -6.19. The van der Waals surface area contributed by atoms with Gasteiger partial charge in [-0.2, -0.15) is 28.7 Å². The number of esters is 2. The summed E-state index contributed by atoms with van der Waals surface area (Å²) in [7, 11) is 0. The molecule has 0 spiro atoms. The number of nitrogens with two attached hydrogens (primary N) is 2. The first-order valence-corrected chi connectivity index (χ1v) is 22.2. The number of halogens is 2. The van der Waals surface area contributed by atoms with Gasteiger partial charge in [-0.15, -0.1) is 12.8 Å². The van der Waals surface area contributed by atoms with Crippen molar-refractivity contribution in [1.82, 2.24) is 39.0 Å². The van der Waals surface area contributed by atoms with E-state index in [4.69, 9.17) is 52.7 Å². The number of carbonyl (C=O) groups excluding carboxylic acids is 3. The first kappa shape index (κ1) is 48.3. The fraction of sp³-hybridized carbons (Fsp3) is 0.614. The Bertz CT molecular complexity index is 2400. The maximum Gasteiger partial charge on any atom is 0.508 e. The van der Waals surface area contributed by atoms with Gasteiger partial charge in [0.15, 0.2) is 51.8 Å². The Morgan fingerprint density at radius 1 is 0.754 bits per heavy atom. The third-order valence-corrected chi connectivity index (χ3v) is 11.7. The predicted molar refractivity (Wildman–Crippen MR) is 230 cm³/mol. The van der Waals surface area contributed by atoms with Crippen LogP contribution in [0.15, 0.2) is 12.7 Å². The van der Waals surface area contributed by atoms with Crippen LogP contribution in [0.4, 0.5) is 25.2 Å². The molecule has 0 aliphatic carbocycles. The number of rotatable bonds is 22. The van der Waals surface area contributed by atoms with Crippen molar-refractivity contribution in [3.8, 4) is 24.7 Å². The van der Waals surface area contributed by atoms with Crippen molar-refractivity contribution in [3.05, 3.63) is 24.8 Å². The molecule has 6 rings (SSSR count). The van der Waals surface area contributed by atoms with Crippen LogP contribution in [0.2, 0.25) is 0 Å². The van der Waals surface area contributed by atoms with Crippen molar-refractivity contribution in [2.75, 3.05) is 18.1 Å². The van der Waals surface area contributed by atoms with Crippen molar-refractivity contribution in [2.24, 2.45) is 0 Å². The third kappa shape index (κ3) is 10.9. The number of nitrogens with zero attached hydrogens (tertiary/aromatic N) is 8. The van der Waals surface area contributed by atoms with E-state index in [-0.39, 0.29) is 66.3 Å². The molecule has 2 aliphatic heterocycles. The monoisotopic (exact) mass is 906 g/mol. The van der Waals surface area contributed by atoms with Crippen LogP contribution in [-0.2, 0) is 38.0 Å². The zero-order valence-electron chi connectivity index (χ0n) is 36.9.